The molecule has 1 heteroatoms. The number of rotatable bonds is 1. The Labute approximate surface area is 94.8 Å². The molecular formula is C14H27N. The van der Waals surface area contributed by atoms with Crippen molar-refractivity contribution >= 4 is 0 Å². The molecule has 88 valence electrons. The second kappa shape index (κ2) is 4.86. The van der Waals surface area contributed by atoms with E-state index in [-0.39, 0.29) is 0 Å². The lowest BCUT2D eigenvalue weighted by Crippen LogP contribution is -2.41. The molecule has 2 N–H and O–H groups in total. The van der Waals surface area contributed by atoms with Gasteiger partial charge in [-0.25, -0.2) is 0 Å². The quantitative estimate of drug-likeness (QED) is 0.702. The monoisotopic (exact) mass is 209 g/mol. The summed E-state index contributed by atoms with van der Waals surface area (Å²) in [6.07, 6.45) is 9.84. The summed E-state index contributed by atoms with van der Waals surface area (Å²) in [6, 6.07) is 0.511. The van der Waals surface area contributed by atoms with Crippen molar-refractivity contribution in [2.45, 2.75) is 64.8 Å². The maximum atomic E-state index is 6.32. The average Bonchev–Trinajstić information content (AvgIpc) is 2.22. The molecule has 0 aromatic rings. The second-order valence-corrected chi connectivity index (χ2v) is 6.28. The van der Waals surface area contributed by atoms with E-state index in [1.54, 1.807) is 0 Å². The van der Waals surface area contributed by atoms with Gasteiger partial charge in [0.2, 0.25) is 0 Å². The maximum Gasteiger partial charge on any atom is 0.00700 e. The van der Waals surface area contributed by atoms with Crippen molar-refractivity contribution in [3.63, 3.8) is 0 Å². The fourth-order valence-electron chi connectivity index (χ4n) is 3.86. The predicted octanol–water partition coefficient (Wildman–Crippen LogP) is 3.58. The van der Waals surface area contributed by atoms with Gasteiger partial charge in [0.05, 0.1) is 0 Å². The van der Waals surface area contributed by atoms with Crippen LogP contribution in [0.3, 0.4) is 0 Å². The Morgan fingerprint density at radius 3 is 2.33 bits per heavy atom. The molecule has 0 aliphatic heterocycles. The van der Waals surface area contributed by atoms with Crippen molar-refractivity contribution in [1.82, 2.24) is 0 Å². The van der Waals surface area contributed by atoms with Crippen LogP contribution in [0, 0.1) is 23.7 Å². The first-order valence-electron chi connectivity index (χ1n) is 6.92. The van der Waals surface area contributed by atoms with Crippen LogP contribution in [0.15, 0.2) is 0 Å². The first-order valence-corrected chi connectivity index (χ1v) is 6.92. The van der Waals surface area contributed by atoms with Crippen LogP contribution in [0.25, 0.3) is 0 Å². The summed E-state index contributed by atoms with van der Waals surface area (Å²) >= 11 is 0. The van der Waals surface area contributed by atoms with E-state index in [0.29, 0.717) is 6.04 Å². The highest BCUT2D eigenvalue weighted by atomic mass is 14.7. The summed E-state index contributed by atoms with van der Waals surface area (Å²) in [5, 5.41) is 0. The van der Waals surface area contributed by atoms with Crippen LogP contribution in [0.2, 0.25) is 0 Å². The maximum absolute atomic E-state index is 6.32. The number of nitrogens with two attached hydrogens (primary N) is 1. The summed E-state index contributed by atoms with van der Waals surface area (Å²) in [6.45, 7) is 4.83. The van der Waals surface area contributed by atoms with E-state index >= 15 is 0 Å². The molecule has 15 heavy (non-hydrogen) atoms. The van der Waals surface area contributed by atoms with Crippen molar-refractivity contribution in [2.24, 2.45) is 29.4 Å². The number of hydrogen-bond acceptors (Lipinski definition) is 1. The largest absolute Gasteiger partial charge is 0.327 e. The van der Waals surface area contributed by atoms with E-state index in [9.17, 15) is 0 Å². The Morgan fingerprint density at radius 2 is 1.60 bits per heavy atom. The van der Waals surface area contributed by atoms with Crippen LogP contribution in [0.1, 0.15) is 58.8 Å². The van der Waals surface area contributed by atoms with Crippen molar-refractivity contribution < 1.29 is 0 Å². The molecule has 0 heterocycles. The van der Waals surface area contributed by atoms with Crippen molar-refractivity contribution in [1.29, 1.82) is 0 Å². The van der Waals surface area contributed by atoms with Crippen LogP contribution in [-0.4, -0.2) is 6.04 Å². The van der Waals surface area contributed by atoms with Crippen molar-refractivity contribution in [3.8, 4) is 0 Å². The third kappa shape index (κ3) is 2.75. The summed E-state index contributed by atoms with van der Waals surface area (Å²) in [5.41, 5.74) is 6.32. The lowest BCUT2D eigenvalue weighted by Gasteiger charge is -2.41. The molecule has 5 atom stereocenters. The Morgan fingerprint density at radius 1 is 0.867 bits per heavy atom. The lowest BCUT2D eigenvalue weighted by atomic mass is 9.67. The molecule has 1 nitrogen and oxygen atoms in total. The summed E-state index contributed by atoms with van der Waals surface area (Å²) < 4.78 is 0. The highest BCUT2D eigenvalue weighted by molar-refractivity contribution is 4.87. The van der Waals surface area contributed by atoms with Crippen molar-refractivity contribution in [3.05, 3.63) is 0 Å². The molecule has 2 aliphatic carbocycles. The normalized spacial score (nSPS) is 47.8. The fraction of sp³-hybridized carbons (Fsp3) is 1.00. The Kier molecular flexibility index (Phi) is 3.71. The molecule has 0 spiro atoms. The van der Waals surface area contributed by atoms with E-state index in [0.717, 1.165) is 23.7 Å². The van der Waals surface area contributed by atoms with Gasteiger partial charge in [0.15, 0.2) is 0 Å². The predicted molar refractivity (Wildman–Crippen MR) is 65.6 cm³/mol. The summed E-state index contributed by atoms with van der Waals surface area (Å²) in [7, 11) is 0. The van der Waals surface area contributed by atoms with Crippen LogP contribution in [-0.2, 0) is 0 Å². The van der Waals surface area contributed by atoms with Crippen LogP contribution in [0.4, 0.5) is 0 Å². The zero-order valence-corrected chi connectivity index (χ0v) is 10.4. The third-order valence-electron chi connectivity index (χ3n) is 4.80. The second-order valence-electron chi connectivity index (χ2n) is 6.28. The first-order chi connectivity index (χ1) is 7.16. The summed E-state index contributed by atoms with van der Waals surface area (Å²) in [4.78, 5) is 0. The van der Waals surface area contributed by atoms with Crippen LogP contribution >= 0.6 is 0 Å². The van der Waals surface area contributed by atoms with Gasteiger partial charge in [0.25, 0.3) is 0 Å². The van der Waals surface area contributed by atoms with Crippen molar-refractivity contribution in [2.75, 3.05) is 0 Å². The first kappa shape index (κ1) is 11.4. The third-order valence-corrected chi connectivity index (χ3v) is 4.80. The van der Waals surface area contributed by atoms with Gasteiger partial charge in [-0.15, -0.1) is 0 Å². The van der Waals surface area contributed by atoms with E-state index in [4.69, 9.17) is 5.73 Å². The Hall–Kier alpha value is -0.0400. The minimum absolute atomic E-state index is 0.511. The standard InChI is InChI=1S/C14H27N/c1-10-4-3-5-12(8-10)13-9-11(2)6-7-14(13)15/h10-14H,3-9,15H2,1-2H3. The molecule has 2 fully saturated rings. The van der Waals surface area contributed by atoms with Gasteiger partial charge < -0.3 is 5.73 Å². The molecular weight excluding hydrogens is 182 g/mol. The van der Waals surface area contributed by atoms with Gasteiger partial charge in [-0.05, 0) is 49.4 Å². The Bertz CT molecular complexity index is 202. The molecule has 5 unspecified atom stereocenters. The van der Waals surface area contributed by atoms with E-state index in [1.807, 2.05) is 0 Å². The molecule has 2 rings (SSSR count). The van der Waals surface area contributed by atoms with E-state index in [1.165, 1.54) is 44.9 Å². The van der Waals surface area contributed by atoms with E-state index in [2.05, 4.69) is 13.8 Å². The highest BCUT2D eigenvalue weighted by Crippen LogP contribution is 2.41. The average molecular weight is 209 g/mol. The molecule has 0 bridgehead atoms. The molecule has 2 saturated carbocycles. The lowest BCUT2D eigenvalue weighted by molar-refractivity contribution is 0.124. The van der Waals surface area contributed by atoms with Gasteiger partial charge in [-0.2, -0.15) is 0 Å². The molecule has 2 aliphatic rings. The van der Waals surface area contributed by atoms with Gasteiger partial charge >= 0.3 is 0 Å². The van der Waals surface area contributed by atoms with Gasteiger partial charge in [-0.3, -0.25) is 0 Å². The van der Waals surface area contributed by atoms with Gasteiger partial charge in [-0.1, -0.05) is 33.1 Å². The van der Waals surface area contributed by atoms with Crippen LogP contribution < -0.4 is 5.73 Å². The SMILES string of the molecule is CC1CCCC(C2CC(C)CCC2N)C1. The fourth-order valence-corrected chi connectivity index (χ4v) is 3.86. The smallest absolute Gasteiger partial charge is 0.00700 e. The highest BCUT2D eigenvalue weighted by Gasteiger charge is 2.34. The Balaban J connectivity index is 1.94. The van der Waals surface area contributed by atoms with E-state index < -0.39 is 0 Å². The molecule has 0 saturated heterocycles. The molecule has 0 aromatic heterocycles. The zero-order valence-electron chi connectivity index (χ0n) is 10.4. The summed E-state index contributed by atoms with van der Waals surface area (Å²) in [5.74, 6) is 3.67. The number of hydrogen-bond donors (Lipinski definition) is 1. The minimum Gasteiger partial charge on any atom is -0.327 e. The van der Waals surface area contributed by atoms with Gasteiger partial charge in [0, 0.05) is 6.04 Å². The van der Waals surface area contributed by atoms with Crippen LogP contribution in [0.5, 0.6) is 0 Å². The zero-order chi connectivity index (χ0) is 10.8. The topological polar surface area (TPSA) is 26.0 Å². The molecule has 0 aromatic carbocycles. The molecule has 0 radical (unpaired) electrons. The van der Waals surface area contributed by atoms with Gasteiger partial charge in [0.1, 0.15) is 0 Å². The minimum atomic E-state index is 0.511. The molecule has 0 amide bonds.